The zero-order valence-corrected chi connectivity index (χ0v) is 12.6. The van der Waals surface area contributed by atoms with E-state index in [0.717, 1.165) is 17.1 Å². The van der Waals surface area contributed by atoms with Crippen LogP contribution in [-0.4, -0.2) is 34.4 Å². The van der Waals surface area contributed by atoms with Gasteiger partial charge in [0.25, 0.3) is 5.91 Å². The average molecular weight is 284 g/mol. The highest BCUT2D eigenvalue weighted by molar-refractivity contribution is 5.99. The van der Waals surface area contributed by atoms with Crippen molar-refractivity contribution in [2.75, 3.05) is 18.9 Å². The van der Waals surface area contributed by atoms with Crippen molar-refractivity contribution in [2.45, 2.75) is 20.4 Å². The summed E-state index contributed by atoms with van der Waals surface area (Å²) in [5.41, 5.74) is 3.20. The van der Waals surface area contributed by atoms with Gasteiger partial charge in [-0.05, 0) is 32.0 Å². The molecule has 0 fully saturated rings. The molecule has 0 aromatic carbocycles. The van der Waals surface area contributed by atoms with Gasteiger partial charge in [-0.1, -0.05) is 6.07 Å². The van der Waals surface area contributed by atoms with Crippen LogP contribution < -0.4 is 5.32 Å². The standard InChI is InChI=1S/C16H20N4O/c1-4-20(11-13-7-5-6-12(2)19-13)16(21)14-10-18-9-8-15(14)17-3/h5-10H,4,11H2,1-3H3,(H,17,18). The number of nitrogens with zero attached hydrogens (tertiary/aromatic N) is 3. The minimum Gasteiger partial charge on any atom is -0.387 e. The Balaban J connectivity index is 2.22. The summed E-state index contributed by atoms with van der Waals surface area (Å²) in [6.07, 6.45) is 3.27. The molecule has 0 saturated carbocycles. The van der Waals surface area contributed by atoms with E-state index in [-0.39, 0.29) is 5.91 Å². The molecule has 2 rings (SSSR count). The normalized spacial score (nSPS) is 10.2. The van der Waals surface area contributed by atoms with E-state index in [1.807, 2.05) is 32.0 Å². The highest BCUT2D eigenvalue weighted by Gasteiger charge is 2.18. The lowest BCUT2D eigenvalue weighted by molar-refractivity contribution is 0.0751. The van der Waals surface area contributed by atoms with Crippen LogP contribution in [0.4, 0.5) is 5.69 Å². The SMILES string of the molecule is CCN(Cc1cccc(C)n1)C(=O)c1cnccc1NC. The molecule has 0 radical (unpaired) electrons. The lowest BCUT2D eigenvalue weighted by Crippen LogP contribution is -2.31. The van der Waals surface area contributed by atoms with Gasteiger partial charge in [-0.15, -0.1) is 0 Å². The molecule has 0 unspecified atom stereocenters. The molecular weight excluding hydrogens is 264 g/mol. The van der Waals surface area contributed by atoms with Gasteiger partial charge in [0.05, 0.1) is 17.8 Å². The van der Waals surface area contributed by atoms with E-state index in [1.54, 1.807) is 30.4 Å². The molecule has 5 heteroatoms. The van der Waals surface area contributed by atoms with Gasteiger partial charge in [0.15, 0.2) is 0 Å². The Morgan fingerprint density at radius 3 is 2.81 bits per heavy atom. The third kappa shape index (κ3) is 3.56. The van der Waals surface area contributed by atoms with Gasteiger partial charge in [0.2, 0.25) is 0 Å². The van der Waals surface area contributed by atoms with Crippen LogP contribution in [0.2, 0.25) is 0 Å². The summed E-state index contributed by atoms with van der Waals surface area (Å²) >= 11 is 0. The average Bonchev–Trinajstić information content (AvgIpc) is 2.52. The van der Waals surface area contributed by atoms with Crippen LogP contribution >= 0.6 is 0 Å². The van der Waals surface area contributed by atoms with Crippen LogP contribution in [0.15, 0.2) is 36.7 Å². The molecule has 0 spiro atoms. The van der Waals surface area contributed by atoms with Crippen LogP contribution in [0.1, 0.15) is 28.7 Å². The Bertz CT molecular complexity index is 627. The molecule has 0 saturated heterocycles. The minimum atomic E-state index is -0.0433. The monoisotopic (exact) mass is 284 g/mol. The van der Waals surface area contributed by atoms with Crippen molar-refractivity contribution in [1.82, 2.24) is 14.9 Å². The highest BCUT2D eigenvalue weighted by atomic mass is 16.2. The van der Waals surface area contributed by atoms with Crippen LogP contribution in [0.25, 0.3) is 0 Å². The molecule has 0 bridgehead atoms. The van der Waals surface area contributed by atoms with Crippen molar-refractivity contribution < 1.29 is 4.79 Å². The quantitative estimate of drug-likeness (QED) is 0.916. The largest absolute Gasteiger partial charge is 0.387 e. The lowest BCUT2D eigenvalue weighted by atomic mass is 10.2. The Morgan fingerprint density at radius 2 is 2.14 bits per heavy atom. The highest BCUT2D eigenvalue weighted by Crippen LogP contribution is 2.16. The van der Waals surface area contributed by atoms with Gasteiger partial charge in [0.1, 0.15) is 0 Å². The number of aromatic nitrogens is 2. The van der Waals surface area contributed by atoms with Gasteiger partial charge < -0.3 is 10.2 Å². The van der Waals surface area contributed by atoms with Gasteiger partial charge in [0, 0.05) is 37.4 Å². The van der Waals surface area contributed by atoms with Gasteiger partial charge in [-0.25, -0.2) is 0 Å². The first kappa shape index (κ1) is 15.0. The second-order valence-corrected chi connectivity index (χ2v) is 4.76. The van der Waals surface area contributed by atoms with E-state index in [4.69, 9.17) is 0 Å². The fourth-order valence-electron chi connectivity index (χ4n) is 2.16. The summed E-state index contributed by atoms with van der Waals surface area (Å²) in [6, 6.07) is 7.64. The van der Waals surface area contributed by atoms with Crippen LogP contribution in [0.5, 0.6) is 0 Å². The molecule has 0 aliphatic heterocycles. The van der Waals surface area contributed by atoms with E-state index in [1.165, 1.54) is 0 Å². The van der Waals surface area contributed by atoms with Crippen LogP contribution in [0, 0.1) is 6.92 Å². The third-order valence-electron chi connectivity index (χ3n) is 3.29. The number of amides is 1. The number of carbonyl (C=O) groups excluding carboxylic acids is 1. The van der Waals surface area contributed by atoms with Gasteiger partial charge in [-0.2, -0.15) is 0 Å². The summed E-state index contributed by atoms with van der Waals surface area (Å²) in [4.78, 5) is 22.9. The maximum Gasteiger partial charge on any atom is 0.257 e. The van der Waals surface area contributed by atoms with E-state index in [0.29, 0.717) is 18.7 Å². The summed E-state index contributed by atoms with van der Waals surface area (Å²) in [5.74, 6) is -0.0433. The molecule has 0 atom stereocenters. The number of rotatable bonds is 5. The number of hydrogen-bond acceptors (Lipinski definition) is 4. The summed E-state index contributed by atoms with van der Waals surface area (Å²) in [5, 5.41) is 3.03. The molecule has 110 valence electrons. The Labute approximate surface area is 125 Å². The molecule has 2 aromatic rings. The Morgan fingerprint density at radius 1 is 1.33 bits per heavy atom. The molecule has 1 amide bonds. The molecule has 2 heterocycles. The maximum atomic E-state index is 12.7. The molecule has 0 aliphatic rings. The lowest BCUT2D eigenvalue weighted by Gasteiger charge is -2.21. The maximum absolute atomic E-state index is 12.7. The Kier molecular flexibility index (Phi) is 4.87. The second kappa shape index (κ2) is 6.83. The minimum absolute atomic E-state index is 0.0433. The number of nitrogens with one attached hydrogen (secondary N) is 1. The van der Waals surface area contributed by atoms with Crippen molar-refractivity contribution >= 4 is 11.6 Å². The first-order valence-corrected chi connectivity index (χ1v) is 6.99. The predicted octanol–water partition coefficient (Wildman–Crippen LogP) is 2.49. The van der Waals surface area contributed by atoms with Crippen molar-refractivity contribution in [3.8, 4) is 0 Å². The summed E-state index contributed by atoms with van der Waals surface area (Å²) < 4.78 is 0. The Hall–Kier alpha value is -2.43. The molecule has 5 nitrogen and oxygen atoms in total. The smallest absolute Gasteiger partial charge is 0.257 e. The van der Waals surface area contributed by atoms with E-state index in [9.17, 15) is 4.79 Å². The zero-order chi connectivity index (χ0) is 15.2. The van der Waals surface area contributed by atoms with Crippen molar-refractivity contribution in [1.29, 1.82) is 0 Å². The van der Waals surface area contributed by atoms with Crippen LogP contribution in [0.3, 0.4) is 0 Å². The summed E-state index contributed by atoms with van der Waals surface area (Å²) in [6.45, 7) is 5.02. The van der Waals surface area contributed by atoms with Crippen molar-refractivity contribution in [2.24, 2.45) is 0 Å². The fraction of sp³-hybridized carbons (Fsp3) is 0.312. The first-order chi connectivity index (χ1) is 10.2. The van der Waals surface area contributed by atoms with Gasteiger partial charge in [-0.3, -0.25) is 14.8 Å². The summed E-state index contributed by atoms with van der Waals surface area (Å²) in [7, 11) is 1.80. The zero-order valence-electron chi connectivity index (χ0n) is 12.6. The molecule has 1 N–H and O–H groups in total. The molecular formula is C16H20N4O. The van der Waals surface area contributed by atoms with E-state index in [2.05, 4.69) is 15.3 Å². The predicted molar refractivity (Wildman–Crippen MR) is 83.2 cm³/mol. The number of anilines is 1. The topological polar surface area (TPSA) is 58.1 Å². The molecule has 21 heavy (non-hydrogen) atoms. The third-order valence-corrected chi connectivity index (χ3v) is 3.29. The molecule has 0 aliphatic carbocycles. The number of hydrogen-bond donors (Lipinski definition) is 1. The number of aryl methyl sites for hydroxylation is 1. The van der Waals surface area contributed by atoms with Gasteiger partial charge >= 0.3 is 0 Å². The van der Waals surface area contributed by atoms with Crippen molar-refractivity contribution in [3.05, 3.63) is 53.6 Å². The number of carbonyl (C=O) groups is 1. The first-order valence-electron chi connectivity index (χ1n) is 6.99. The van der Waals surface area contributed by atoms with Crippen molar-refractivity contribution in [3.63, 3.8) is 0 Å². The molecule has 2 aromatic heterocycles. The second-order valence-electron chi connectivity index (χ2n) is 4.76. The number of pyridine rings is 2. The fourth-order valence-corrected chi connectivity index (χ4v) is 2.16. The van der Waals surface area contributed by atoms with E-state index < -0.39 is 0 Å². The van der Waals surface area contributed by atoms with E-state index >= 15 is 0 Å². The van der Waals surface area contributed by atoms with Crippen LogP contribution in [-0.2, 0) is 6.54 Å².